The number of amides is 2. The molecule has 0 bridgehead atoms. The highest BCUT2D eigenvalue weighted by atomic mass is 16.2. The number of aromatic nitrogens is 2. The fourth-order valence-electron chi connectivity index (χ4n) is 3.19. The molecule has 7 N–H and O–H groups in total. The van der Waals surface area contributed by atoms with Crippen molar-refractivity contribution in [2.45, 2.75) is 19.8 Å². The summed E-state index contributed by atoms with van der Waals surface area (Å²) in [4.78, 5) is 31.8. The van der Waals surface area contributed by atoms with Gasteiger partial charge in [0.15, 0.2) is 0 Å². The van der Waals surface area contributed by atoms with Crippen LogP contribution < -0.4 is 27.4 Å². The molecule has 9 heteroatoms. The molecule has 3 aromatic rings. The first-order valence-corrected chi connectivity index (χ1v) is 10.8. The topological polar surface area (TPSA) is 148 Å². The van der Waals surface area contributed by atoms with Crippen LogP contribution in [0.4, 0.5) is 17.5 Å². The predicted octanol–water partition coefficient (Wildman–Crippen LogP) is 2.43. The molecule has 172 valence electrons. The molecule has 3 rings (SSSR count). The normalized spacial score (nSPS) is 10.5. The van der Waals surface area contributed by atoms with Crippen molar-refractivity contribution in [3.05, 3.63) is 65.9 Å². The van der Waals surface area contributed by atoms with E-state index in [1.165, 1.54) is 0 Å². The molecule has 0 radical (unpaired) electrons. The molecule has 0 aliphatic rings. The SMILES string of the molecule is CCCNc1nc(Nc2ccc(C(N)=O)cc2)ncc1-c1cccc(CCNC(=O)CN)c1. The lowest BCUT2D eigenvalue weighted by molar-refractivity contribution is -0.119. The van der Waals surface area contributed by atoms with Gasteiger partial charge in [-0.2, -0.15) is 4.98 Å². The zero-order valence-corrected chi connectivity index (χ0v) is 18.6. The van der Waals surface area contributed by atoms with Gasteiger partial charge in [-0.15, -0.1) is 0 Å². The molecule has 0 aliphatic carbocycles. The number of hydrogen-bond donors (Lipinski definition) is 5. The number of carbonyl (C=O) groups is 2. The Labute approximate surface area is 193 Å². The van der Waals surface area contributed by atoms with Crippen LogP contribution >= 0.6 is 0 Å². The maximum Gasteiger partial charge on any atom is 0.248 e. The first-order chi connectivity index (χ1) is 16.0. The number of carbonyl (C=O) groups excluding carboxylic acids is 2. The number of nitrogens with zero attached hydrogens (tertiary/aromatic N) is 2. The van der Waals surface area contributed by atoms with Gasteiger partial charge in [-0.05, 0) is 48.2 Å². The number of hydrogen-bond acceptors (Lipinski definition) is 7. The van der Waals surface area contributed by atoms with Gasteiger partial charge >= 0.3 is 0 Å². The molecule has 0 saturated carbocycles. The molecule has 2 amide bonds. The van der Waals surface area contributed by atoms with Crippen molar-refractivity contribution in [3.63, 3.8) is 0 Å². The third kappa shape index (κ3) is 6.75. The zero-order valence-electron chi connectivity index (χ0n) is 18.6. The summed E-state index contributed by atoms with van der Waals surface area (Å²) < 4.78 is 0. The van der Waals surface area contributed by atoms with Crippen LogP contribution in [0.15, 0.2) is 54.7 Å². The van der Waals surface area contributed by atoms with E-state index in [0.717, 1.165) is 41.2 Å². The van der Waals surface area contributed by atoms with Crippen LogP contribution in [0.5, 0.6) is 0 Å². The molecule has 33 heavy (non-hydrogen) atoms. The van der Waals surface area contributed by atoms with E-state index < -0.39 is 5.91 Å². The number of nitrogens with one attached hydrogen (secondary N) is 3. The molecule has 0 atom stereocenters. The fraction of sp³-hybridized carbons (Fsp3) is 0.250. The second-order valence-electron chi connectivity index (χ2n) is 7.45. The molecular formula is C24H29N7O2. The summed E-state index contributed by atoms with van der Waals surface area (Å²) in [7, 11) is 0. The highest BCUT2D eigenvalue weighted by Gasteiger charge is 2.11. The minimum absolute atomic E-state index is 0.0144. The highest BCUT2D eigenvalue weighted by Crippen LogP contribution is 2.28. The van der Waals surface area contributed by atoms with Crippen LogP contribution in [0.2, 0.25) is 0 Å². The molecule has 9 nitrogen and oxygen atoms in total. The van der Waals surface area contributed by atoms with Gasteiger partial charge in [-0.25, -0.2) is 4.98 Å². The van der Waals surface area contributed by atoms with E-state index in [2.05, 4.69) is 38.9 Å². The third-order valence-electron chi connectivity index (χ3n) is 4.92. The summed E-state index contributed by atoms with van der Waals surface area (Å²) in [6.45, 7) is 3.36. The lowest BCUT2D eigenvalue weighted by Crippen LogP contribution is -2.31. The third-order valence-corrected chi connectivity index (χ3v) is 4.92. The minimum atomic E-state index is -0.475. The van der Waals surface area contributed by atoms with Crippen molar-refractivity contribution >= 4 is 29.3 Å². The molecular weight excluding hydrogens is 418 g/mol. The molecule has 1 aromatic heterocycles. The molecule has 0 spiro atoms. The maximum absolute atomic E-state index is 11.4. The van der Waals surface area contributed by atoms with Gasteiger partial charge in [0.2, 0.25) is 17.8 Å². The van der Waals surface area contributed by atoms with E-state index in [0.29, 0.717) is 24.5 Å². The van der Waals surface area contributed by atoms with Crippen molar-refractivity contribution in [1.29, 1.82) is 0 Å². The first-order valence-electron chi connectivity index (χ1n) is 10.8. The molecule has 2 aromatic carbocycles. The average Bonchev–Trinajstić information content (AvgIpc) is 2.83. The number of benzene rings is 2. The smallest absolute Gasteiger partial charge is 0.248 e. The van der Waals surface area contributed by atoms with Gasteiger partial charge in [0.05, 0.1) is 6.54 Å². The Balaban J connectivity index is 1.81. The summed E-state index contributed by atoms with van der Waals surface area (Å²) >= 11 is 0. The lowest BCUT2D eigenvalue weighted by Gasteiger charge is -2.14. The van der Waals surface area contributed by atoms with Crippen molar-refractivity contribution in [3.8, 4) is 11.1 Å². The van der Waals surface area contributed by atoms with E-state index in [1.54, 1.807) is 30.5 Å². The van der Waals surface area contributed by atoms with Crippen molar-refractivity contribution in [2.24, 2.45) is 11.5 Å². The van der Waals surface area contributed by atoms with Gasteiger partial charge in [-0.1, -0.05) is 31.2 Å². The summed E-state index contributed by atoms with van der Waals surface area (Å²) in [5.74, 6) is 0.511. The molecule has 0 saturated heterocycles. The standard InChI is InChI=1S/C24H29N7O2/c1-2-11-28-23-20(18-5-3-4-16(13-18)10-12-27-21(32)14-25)15-29-24(31-23)30-19-8-6-17(7-9-19)22(26)33/h3-9,13,15H,2,10-12,14,25H2,1H3,(H2,26,33)(H,27,32)(H2,28,29,30,31). The second-order valence-corrected chi connectivity index (χ2v) is 7.45. The second kappa shape index (κ2) is 11.6. The van der Waals surface area contributed by atoms with Gasteiger partial charge < -0.3 is 27.4 Å². The van der Waals surface area contributed by atoms with Crippen molar-refractivity contribution in [1.82, 2.24) is 15.3 Å². The number of nitrogens with two attached hydrogens (primary N) is 2. The number of anilines is 3. The van der Waals surface area contributed by atoms with Crippen molar-refractivity contribution < 1.29 is 9.59 Å². The van der Waals surface area contributed by atoms with E-state index in [1.807, 2.05) is 18.2 Å². The van der Waals surface area contributed by atoms with E-state index in [-0.39, 0.29) is 12.5 Å². The molecule has 0 fully saturated rings. The Bertz CT molecular complexity index is 1100. The van der Waals surface area contributed by atoms with Gasteiger partial charge in [0, 0.05) is 36.1 Å². The Morgan fingerprint density at radius 2 is 1.85 bits per heavy atom. The summed E-state index contributed by atoms with van der Waals surface area (Å²) in [6, 6.07) is 14.9. The first kappa shape index (κ1) is 23.7. The van der Waals surface area contributed by atoms with Gasteiger partial charge in [0.1, 0.15) is 5.82 Å². The number of rotatable bonds is 11. The van der Waals surface area contributed by atoms with Crippen LogP contribution in [0, 0.1) is 0 Å². The Hall–Kier alpha value is -3.98. The minimum Gasteiger partial charge on any atom is -0.369 e. The van der Waals surface area contributed by atoms with E-state index in [4.69, 9.17) is 11.5 Å². The van der Waals surface area contributed by atoms with E-state index >= 15 is 0 Å². The summed E-state index contributed by atoms with van der Waals surface area (Å²) in [5, 5.41) is 9.31. The Morgan fingerprint density at radius 1 is 1.06 bits per heavy atom. The van der Waals surface area contributed by atoms with Crippen LogP contribution in [-0.4, -0.2) is 41.4 Å². The van der Waals surface area contributed by atoms with Gasteiger partial charge in [0.25, 0.3) is 0 Å². The number of primary amides is 1. The summed E-state index contributed by atoms with van der Waals surface area (Å²) in [5.41, 5.74) is 14.8. The summed E-state index contributed by atoms with van der Waals surface area (Å²) in [6.07, 6.45) is 3.42. The molecule has 1 heterocycles. The maximum atomic E-state index is 11.4. The van der Waals surface area contributed by atoms with Crippen LogP contribution in [0.1, 0.15) is 29.3 Å². The Kier molecular flexibility index (Phi) is 8.31. The monoisotopic (exact) mass is 447 g/mol. The van der Waals surface area contributed by atoms with Crippen LogP contribution in [0.3, 0.4) is 0 Å². The highest BCUT2D eigenvalue weighted by molar-refractivity contribution is 5.93. The fourth-order valence-corrected chi connectivity index (χ4v) is 3.19. The van der Waals surface area contributed by atoms with Crippen molar-refractivity contribution in [2.75, 3.05) is 30.3 Å². The average molecular weight is 448 g/mol. The quantitative estimate of drug-likeness (QED) is 0.303. The zero-order chi connectivity index (χ0) is 23.6. The van der Waals surface area contributed by atoms with Crippen LogP contribution in [-0.2, 0) is 11.2 Å². The predicted molar refractivity (Wildman–Crippen MR) is 130 cm³/mol. The lowest BCUT2D eigenvalue weighted by atomic mass is 10.0. The Morgan fingerprint density at radius 3 is 2.55 bits per heavy atom. The largest absolute Gasteiger partial charge is 0.369 e. The van der Waals surface area contributed by atoms with Crippen LogP contribution in [0.25, 0.3) is 11.1 Å². The molecule has 0 unspecified atom stereocenters. The molecule has 0 aliphatic heterocycles. The van der Waals surface area contributed by atoms with Gasteiger partial charge in [-0.3, -0.25) is 9.59 Å². The van der Waals surface area contributed by atoms with E-state index in [9.17, 15) is 9.59 Å².